The minimum absolute atomic E-state index is 0.0652. The summed E-state index contributed by atoms with van der Waals surface area (Å²) < 4.78 is 0. The van der Waals surface area contributed by atoms with Gasteiger partial charge in [0.1, 0.15) is 0 Å². The third-order valence-electron chi connectivity index (χ3n) is 5.06. The molecule has 4 rings (SSSR count). The zero-order valence-corrected chi connectivity index (χ0v) is 17.9. The molecule has 0 aliphatic carbocycles. The average molecular weight is 393 g/mol. The van der Waals surface area contributed by atoms with E-state index in [-0.39, 0.29) is 5.54 Å². The van der Waals surface area contributed by atoms with Crippen LogP contribution < -0.4 is 9.80 Å². The maximum absolute atomic E-state index is 2.39. The molecular formula is C28H28N2. The predicted molar refractivity (Wildman–Crippen MR) is 129 cm³/mol. The summed E-state index contributed by atoms with van der Waals surface area (Å²) in [6.45, 7) is 6.75. The Balaban J connectivity index is 1.84. The molecule has 0 aliphatic rings. The maximum Gasteiger partial charge on any atom is 0.0482 e. The molecule has 150 valence electrons. The summed E-state index contributed by atoms with van der Waals surface area (Å²) in [6.07, 6.45) is 0. The molecule has 0 heterocycles. The molecule has 0 spiro atoms. The molecular weight excluding hydrogens is 364 g/mol. The highest BCUT2D eigenvalue weighted by Gasteiger charge is 2.24. The Kier molecular flexibility index (Phi) is 5.58. The molecule has 0 unspecified atom stereocenters. The Morgan fingerprint density at radius 2 is 0.833 bits per heavy atom. The number of rotatable bonds is 5. The average Bonchev–Trinajstić information content (AvgIpc) is 2.76. The zero-order chi connectivity index (χ0) is 21.0. The van der Waals surface area contributed by atoms with Gasteiger partial charge in [-0.15, -0.1) is 0 Å². The fraction of sp³-hybridized carbons (Fsp3) is 0.143. The van der Waals surface area contributed by atoms with Gasteiger partial charge in [-0.1, -0.05) is 60.7 Å². The molecule has 0 bridgehead atoms. The van der Waals surface area contributed by atoms with Crippen molar-refractivity contribution in [2.24, 2.45) is 0 Å². The van der Waals surface area contributed by atoms with Crippen LogP contribution in [0.3, 0.4) is 0 Å². The van der Waals surface area contributed by atoms with Gasteiger partial charge < -0.3 is 9.80 Å². The van der Waals surface area contributed by atoms with E-state index >= 15 is 0 Å². The second kappa shape index (κ2) is 8.46. The fourth-order valence-electron chi connectivity index (χ4n) is 3.87. The molecule has 0 amide bonds. The third-order valence-corrected chi connectivity index (χ3v) is 5.06. The van der Waals surface area contributed by atoms with Gasteiger partial charge in [-0.25, -0.2) is 0 Å². The molecule has 0 aromatic heterocycles. The Morgan fingerprint density at radius 1 is 0.433 bits per heavy atom. The predicted octanol–water partition coefficient (Wildman–Crippen LogP) is 8.09. The van der Waals surface area contributed by atoms with Gasteiger partial charge in [-0.3, -0.25) is 0 Å². The normalized spacial score (nSPS) is 11.2. The standard InChI is InChI=1S/C28H28N2/c1-28(2,3)30(25-18-11-6-12-19-25)27-21-13-20-26(22-27)29(23-14-7-4-8-15-23)24-16-9-5-10-17-24/h4-22H,1-3H3. The molecule has 0 fully saturated rings. The first-order chi connectivity index (χ1) is 14.5. The van der Waals surface area contributed by atoms with Crippen molar-refractivity contribution in [3.63, 3.8) is 0 Å². The van der Waals surface area contributed by atoms with Gasteiger partial charge in [0.2, 0.25) is 0 Å². The Hall–Kier alpha value is -3.52. The second-order valence-corrected chi connectivity index (χ2v) is 8.37. The van der Waals surface area contributed by atoms with Gasteiger partial charge >= 0.3 is 0 Å². The number of nitrogens with zero attached hydrogens (tertiary/aromatic N) is 2. The minimum Gasteiger partial charge on any atom is -0.336 e. The van der Waals surface area contributed by atoms with Crippen LogP contribution in [0.1, 0.15) is 20.8 Å². The monoisotopic (exact) mass is 392 g/mol. The molecule has 2 nitrogen and oxygen atoms in total. The van der Waals surface area contributed by atoms with Gasteiger partial charge in [0.15, 0.2) is 0 Å². The van der Waals surface area contributed by atoms with Crippen LogP contribution >= 0.6 is 0 Å². The summed E-state index contributed by atoms with van der Waals surface area (Å²) in [6, 6.07) is 40.4. The number of anilines is 5. The number of benzene rings is 4. The molecule has 4 aromatic carbocycles. The van der Waals surface area contributed by atoms with E-state index < -0.39 is 0 Å². The van der Waals surface area contributed by atoms with Crippen LogP contribution in [0.5, 0.6) is 0 Å². The summed E-state index contributed by atoms with van der Waals surface area (Å²) in [5, 5.41) is 0. The smallest absolute Gasteiger partial charge is 0.0482 e. The van der Waals surface area contributed by atoms with Crippen molar-refractivity contribution in [1.29, 1.82) is 0 Å². The molecule has 0 aliphatic heterocycles. The minimum atomic E-state index is -0.0652. The van der Waals surface area contributed by atoms with E-state index in [1.165, 1.54) is 11.4 Å². The van der Waals surface area contributed by atoms with Crippen molar-refractivity contribution >= 4 is 28.4 Å². The van der Waals surface area contributed by atoms with Crippen LogP contribution in [0, 0.1) is 0 Å². The van der Waals surface area contributed by atoms with Gasteiger partial charge in [-0.05, 0) is 75.4 Å². The lowest BCUT2D eigenvalue weighted by atomic mass is 10.0. The van der Waals surface area contributed by atoms with Crippen molar-refractivity contribution in [2.75, 3.05) is 9.80 Å². The highest BCUT2D eigenvalue weighted by Crippen LogP contribution is 2.39. The quantitative estimate of drug-likeness (QED) is 0.338. The lowest BCUT2D eigenvalue weighted by Crippen LogP contribution is -2.37. The summed E-state index contributed by atoms with van der Waals surface area (Å²) in [7, 11) is 0. The Labute approximate surface area is 180 Å². The third kappa shape index (κ3) is 4.23. The Bertz CT molecular complexity index is 1030. The lowest BCUT2D eigenvalue weighted by molar-refractivity contribution is 0.560. The van der Waals surface area contributed by atoms with Crippen molar-refractivity contribution in [3.05, 3.63) is 115 Å². The van der Waals surface area contributed by atoms with Crippen LogP contribution in [0.25, 0.3) is 0 Å². The maximum atomic E-state index is 2.39. The molecule has 0 saturated heterocycles. The lowest BCUT2D eigenvalue weighted by Gasteiger charge is -2.38. The molecule has 0 N–H and O–H groups in total. The van der Waals surface area contributed by atoms with Crippen molar-refractivity contribution < 1.29 is 0 Å². The van der Waals surface area contributed by atoms with E-state index in [1.807, 2.05) is 0 Å². The first kappa shape index (κ1) is 19.8. The zero-order valence-electron chi connectivity index (χ0n) is 17.9. The van der Waals surface area contributed by atoms with Gasteiger partial charge in [0, 0.05) is 34.0 Å². The molecule has 0 radical (unpaired) electrons. The van der Waals surface area contributed by atoms with Crippen molar-refractivity contribution in [1.82, 2.24) is 0 Å². The van der Waals surface area contributed by atoms with E-state index in [0.717, 1.165) is 17.1 Å². The van der Waals surface area contributed by atoms with Crippen molar-refractivity contribution in [3.8, 4) is 0 Å². The van der Waals surface area contributed by atoms with Crippen LogP contribution in [-0.2, 0) is 0 Å². The summed E-state index contributed by atoms with van der Waals surface area (Å²) in [5.41, 5.74) is 5.71. The van der Waals surface area contributed by atoms with E-state index in [2.05, 4.69) is 146 Å². The summed E-state index contributed by atoms with van der Waals surface area (Å²) in [4.78, 5) is 4.69. The van der Waals surface area contributed by atoms with Crippen LogP contribution in [0.15, 0.2) is 115 Å². The summed E-state index contributed by atoms with van der Waals surface area (Å²) in [5.74, 6) is 0. The van der Waals surface area contributed by atoms with E-state index in [1.54, 1.807) is 0 Å². The second-order valence-electron chi connectivity index (χ2n) is 8.37. The number of para-hydroxylation sites is 3. The van der Waals surface area contributed by atoms with Crippen LogP contribution in [0.4, 0.5) is 28.4 Å². The highest BCUT2D eigenvalue weighted by molar-refractivity contribution is 5.79. The topological polar surface area (TPSA) is 6.48 Å². The number of hydrogen-bond donors (Lipinski definition) is 0. The SMILES string of the molecule is CC(C)(C)N(c1ccccc1)c1cccc(N(c2ccccc2)c2ccccc2)c1. The van der Waals surface area contributed by atoms with E-state index in [4.69, 9.17) is 0 Å². The summed E-state index contributed by atoms with van der Waals surface area (Å²) >= 11 is 0. The van der Waals surface area contributed by atoms with E-state index in [0.29, 0.717) is 0 Å². The molecule has 30 heavy (non-hydrogen) atoms. The molecule has 2 heteroatoms. The fourth-order valence-corrected chi connectivity index (χ4v) is 3.87. The molecule has 4 aromatic rings. The highest BCUT2D eigenvalue weighted by atomic mass is 15.2. The van der Waals surface area contributed by atoms with Gasteiger partial charge in [0.05, 0.1) is 0 Å². The van der Waals surface area contributed by atoms with Crippen LogP contribution in [-0.4, -0.2) is 5.54 Å². The largest absolute Gasteiger partial charge is 0.336 e. The van der Waals surface area contributed by atoms with E-state index in [9.17, 15) is 0 Å². The van der Waals surface area contributed by atoms with Gasteiger partial charge in [-0.2, -0.15) is 0 Å². The first-order valence-electron chi connectivity index (χ1n) is 10.4. The van der Waals surface area contributed by atoms with Crippen LogP contribution in [0.2, 0.25) is 0 Å². The Morgan fingerprint density at radius 3 is 1.30 bits per heavy atom. The number of hydrogen-bond acceptors (Lipinski definition) is 2. The molecule has 0 atom stereocenters. The van der Waals surface area contributed by atoms with Crippen molar-refractivity contribution in [2.45, 2.75) is 26.3 Å². The molecule has 0 saturated carbocycles. The first-order valence-corrected chi connectivity index (χ1v) is 10.4. The van der Waals surface area contributed by atoms with Gasteiger partial charge in [0.25, 0.3) is 0 Å².